The Hall–Kier alpha value is -2.25. The van der Waals surface area contributed by atoms with Gasteiger partial charge in [-0.05, 0) is 61.4 Å². The second-order valence-corrected chi connectivity index (χ2v) is 7.70. The minimum absolute atomic E-state index is 0.0111. The molecule has 1 amide bonds. The van der Waals surface area contributed by atoms with Crippen LogP contribution in [0.25, 0.3) is 0 Å². The molecule has 1 fully saturated rings. The summed E-state index contributed by atoms with van der Waals surface area (Å²) in [7, 11) is 0. The fourth-order valence-electron chi connectivity index (χ4n) is 3.83. The number of halogens is 2. The lowest BCUT2D eigenvalue weighted by Crippen LogP contribution is -2.32. The van der Waals surface area contributed by atoms with E-state index < -0.39 is 5.41 Å². The zero-order valence-corrected chi connectivity index (χ0v) is 16.2. The highest BCUT2D eigenvalue weighted by molar-refractivity contribution is 6.28. The molecule has 1 aliphatic carbocycles. The van der Waals surface area contributed by atoms with Crippen LogP contribution in [-0.2, 0) is 16.8 Å². The Bertz CT molecular complexity index is 904. The van der Waals surface area contributed by atoms with Crippen LogP contribution in [0.5, 0.6) is 0 Å². The molecule has 1 aromatic heterocycles. The Morgan fingerprint density at radius 3 is 2.86 bits per heavy atom. The molecule has 2 N–H and O–H groups in total. The first-order valence-corrected chi connectivity index (χ1v) is 9.91. The fraction of sp³-hybridized carbons (Fsp3) is 0.450. The number of anilines is 2. The van der Waals surface area contributed by atoms with Crippen molar-refractivity contribution in [3.8, 4) is 0 Å². The van der Waals surface area contributed by atoms with Crippen LogP contribution in [-0.4, -0.2) is 34.1 Å². The highest BCUT2D eigenvalue weighted by Crippen LogP contribution is 2.57. The third-order valence-corrected chi connectivity index (χ3v) is 5.64. The third kappa shape index (κ3) is 3.44. The Labute approximate surface area is 167 Å². The zero-order chi connectivity index (χ0) is 19.7. The summed E-state index contributed by atoms with van der Waals surface area (Å²) >= 11 is 5.96. The number of aromatic nitrogens is 2. The van der Waals surface area contributed by atoms with Gasteiger partial charge in [-0.3, -0.25) is 4.79 Å². The lowest BCUT2D eigenvalue weighted by atomic mass is 9.98. The Kier molecular flexibility index (Phi) is 5.21. The van der Waals surface area contributed by atoms with Crippen LogP contribution in [0.1, 0.15) is 43.2 Å². The number of aliphatic hydroxyl groups excluding tert-OH is 1. The number of carbonyl (C=O) groups is 1. The van der Waals surface area contributed by atoms with Crippen molar-refractivity contribution in [3.05, 3.63) is 46.6 Å². The first kappa shape index (κ1) is 19.1. The molecule has 0 atom stereocenters. The Balaban J connectivity index is 1.56. The summed E-state index contributed by atoms with van der Waals surface area (Å²) in [5.74, 6) is 0.229. The van der Waals surface area contributed by atoms with Gasteiger partial charge in [-0.1, -0.05) is 6.07 Å². The average molecular weight is 405 g/mol. The summed E-state index contributed by atoms with van der Waals surface area (Å²) in [5, 5.41) is 12.2. The van der Waals surface area contributed by atoms with Gasteiger partial charge in [0.05, 0.1) is 17.6 Å². The van der Waals surface area contributed by atoms with Crippen molar-refractivity contribution in [2.75, 3.05) is 23.4 Å². The molecule has 1 aromatic carbocycles. The predicted octanol–water partition coefficient (Wildman–Crippen LogP) is 3.42. The molecule has 6 nitrogen and oxygen atoms in total. The van der Waals surface area contributed by atoms with Gasteiger partial charge in [0, 0.05) is 24.9 Å². The van der Waals surface area contributed by atoms with Gasteiger partial charge >= 0.3 is 0 Å². The maximum absolute atomic E-state index is 13.9. The lowest BCUT2D eigenvalue weighted by Gasteiger charge is -2.20. The monoisotopic (exact) mass is 404 g/mol. The summed E-state index contributed by atoms with van der Waals surface area (Å²) < 4.78 is 13.9. The SMILES string of the molecule is O=C1N(Cc2cnc(Cl)nc2NCCCCCO)c2cc(F)ccc2C12CC2. The van der Waals surface area contributed by atoms with Gasteiger partial charge in [0.2, 0.25) is 11.2 Å². The molecular weight excluding hydrogens is 383 g/mol. The molecule has 2 aromatic rings. The zero-order valence-electron chi connectivity index (χ0n) is 15.4. The van der Waals surface area contributed by atoms with E-state index in [0.29, 0.717) is 18.1 Å². The van der Waals surface area contributed by atoms with E-state index in [2.05, 4.69) is 15.3 Å². The van der Waals surface area contributed by atoms with Crippen LogP contribution in [0.4, 0.5) is 15.9 Å². The number of rotatable bonds is 8. The minimum Gasteiger partial charge on any atom is -0.396 e. The first-order chi connectivity index (χ1) is 13.5. The van der Waals surface area contributed by atoms with Crippen molar-refractivity contribution < 1.29 is 14.3 Å². The van der Waals surface area contributed by atoms with Crippen LogP contribution in [0.3, 0.4) is 0 Å². The number of unbranched alkanes of at least 4 members (excludes halogenated alkanes) is 2. The van der Waals surface area contributed by atoms with Gasteiger partial charge in [0.15, 0.2) is 0 Å². The summed E-state index contributed by atoms with van der Waals surface area (Å²) in [4.78, 5) is 23.0. The number of carbonyl (C=O) groups excluding carboxylic acids is 1. The topological polar surface area (TPSA) is 78.4 Å². The summed E-state index contributed by atoms with van der Waals surface area (Å²) in [6, 6.07) is 4.58. The molecule has 0 saturated heterocycles. The Morgan fingerprint density at radius 2 is 2.11 bits per heavy atom. The van der Waals surface area contributed by atoms with E-state index in [9.17, 15) is 9.18 Å². The Morgan fingerprint density at radius 1 is 1.29 bits per heavy atom. The highest BCUT2D eigenvalue weighted by Gasteiger charge is 2.59. The molecule has 0 radical (unpaired) electrons. The van der Waals surface area contributed by atoms with E-state index in [0.717, 1.165) is 43.2 Å². The summed E-state index contributed by atoms with van der Waals surface area (Å²) in [6.07, 6.45) is 5.74. The molecule has 4 rings (SSSR count). The number of hydrogen-bond acceptors (Lipinski definition) is 5. The van der Waals surface area contributed by atoms with E-state index in [1.165, 1.54) is 12.1 Å². The molecule has 2 heterocycles. The predicted molar refractivity (Wildman–Crippen MR) is 105 cm³/mol. The molecule has 1 saturated carbocycles. The maximum Gasteiger partial charge on any atom is 0.238 e. The molecule has 28 heavy (non-hydrogen) atoms. The van der Waals surface area contributed by atoms with Crippen LogP contribution in [0.15, 0.2) is 24.4 Å². The first-order valence-electron chi connectivity index (χ1n) is 9.53. The van der Waals surface area contributed by atoms with Crippen LogP contribution in [0, 0.1) is 5.82 Å². The molecular formula is C20H22ClFN4O2. The molecule has 1 spiro atoms. The van der Waals surface area contributed by atoms with Crippen molar-refractivity contribution in [1.29, 1.82) is 0 Å². The molecule has 148 valence electrons. The van der Waals surface area contributed by atoms with Gasteiger partial charge in [-0.15, -0.1) is 0 Å². The van der Waals surface area contributed by atoms with Gasteiger partial charge in [0.25, 0.3) is 0 Å². The summed E-state index contributed by atoms with van der Waals surface area (Å²) in [5.41, 5.74) is 1.79. The largest absolute Gasteiger partial charge is 0.396 e. The number of hydrogen-bond donors (Lipinski definition) is 2. The van der Waals surface area contributed by atoms with Crippen LogP contribution >= 0.6 is 11.6 Å². The van der Waals surface area contributed by atoms with Crippen molar-refractivity contribution in [2.24, 2.45) is 0 Å². The maximum atomic E-state index is 13.9. The number of benzene rings is 1. The molecule has 0 bridgehead atoms. The second-order valence-electron chi connectivity index (χ2n) is 7.36. The van der Waals surface area contributed by atoms with E-state index in [1.807, 2.05) is 0 Å². The van der Waals surface area contributed by atoms with Gasteiger partial charge in [-0.25, -0.2) is 14.4 Å². The number of amides is 1. The normalized spacial score (nSPS) is 16.5. The number of aliphatic hydroxyl groups is 1. The number of nitrogens with one attached hydrogen (secondary N) is 1. The standard InChI is InChI=1S/C20H22ClFN4O2/c21-19-24-11-13(17(25-19)23-8-2-1-3-9-27)12-26-16-10-14(22)4-5-15(16)20(6-7-20)18(26)28/h4-5,10-11,27H,1-3,6-9,12H2,(H,23,24,25). The minimum atomic E-state index is -0.478. The van der Waals surface area contributed by atoms with E-state index in [1.54, 1.807) is 17.2 Å². The molecule has 8 heteroatoms. The number of fused-ring (bicyclic) bond motifs is 2. The van der Waals surface area contributed by atoms with E-state index in [4.69, 9.17) is 16.7 Å². The molecule has 0 unspecified atom stereocenters. The van der Waals surface area contributed by atoms with Crippen molar-refractivity contribution in [1.82, 2.24) is 9.97 Å². The number of nitrogens with zero attached hydrogens (tertiary/aromatic N) is 3. The van der Waals surface area contributed by atoms with Gasteiger partial charge in [-0.2, -0.15) is 0 Å². The average Bonchev–Trinajstić information content (AvgIpc) is 3.44. The fourth-order valence-corrected chi connectivity index (χ4v) is 3.96. The smallest absolute Gasteiger partial charge is 0.238 e. The third-order valence-electron chi connectivity index (χ3n) is 5.46. The highest BCUT2D eigenvalue weighted by atomic mass is 35.5. The van der Waals surface area contributed by atoms with Gasteiger partial charge in [0.1, 0.15) is 11.6 Å². The van der Waals surface area contributed by atoms with Crippen LogP contribution < -0.4 is 10.2 Å². The second kappa shape index (κ2) is 7.64. The van der Waals surface area contributed by atoms with Crippen molar-refractivity contribution in [3.63, 3.8) is 0 Å². The van der Waals surface area contributed by atoms with E-state index >= 15 is 0 Å². The molecule has 2 aliphatic rings. The van der Waals surface area contributed by atoms with Crippen LogP contribution in [0.2, 0.25) is 5.28 Å². The van der Waals surface area contributed by atoms with Crippen molar-refractivity contribution >= 4 is 29.0 Å². The lowest BCUT2D eigenvalue weighted by molar-refractivity contribution is -0.120. The molecule has 1 aliphatic heterocycles. The summed E-state index contributed by atoms with van der Waals surface area (Å²) in [6.45, 7) is 1.11. The van der Waals surface area contributed by atoms with E-state index in [-0.39, 0.29) is 30.2 Å². The van der Waals surface area contributed by atoms with Gasteiger partial charge < -0.3 is 15.3 Å². The quantitative estimate of drug-likeness (QED) is 0.520. The van der Waals surface area contributed by atoms with Crippen molar-refractivity contribution in [2.45, 2.75) is 44.1 Å².